The molecule has 0 atom stereocenters. The normalized spacial score (nSPS) is 16.6. The molecule has 0 aromatic rings. The molecule has 0 saturated carbocycles. The van der Waals surface area contributed by atoms with Gasteiger partial charge in [-0.1, -0.05) is 18.2 Å². The number of primary amides is 1. The van der Waals surface area contributed by atoms with Crippen molar-refractivity contribution in [2.24, 2.45) is 5.73 Å². The highest BCUT2D eigenvalue weighted by atomic mass is 16.1. The van der Waals surface area contributed by atoms with Crippen LogP contribution >= 0.6 is 0 Å². The third-order valence-corrected chi connectivity index (χ3v) is 1.97. The summed E-state index contributed by atoms with van der Waals surface area (Å²) in [5.74, 6) is -0.345. The molecule has 0 aromatic carbocycles. The highest BCUT2D eigenvalue weighted by Gasteiger charge is 1.90. The van der Waals surface area contributed by atoms with E-state index < -0.39 is 0 Å². The minimum absolute atomic E-state index is 0.345. The van der Waals surface area contributed by atoms with Gasteiger partial charge in [0.2, 0.25) is 5.91 Å². The SMILES string of the molecule is C/C=C(\C)C(N)=O.C1=CCNCCC1. The maximum Gasteiger partial charge on any atom is 0.243 e. The van der Waals surface area contributed by atoms with Crippen molar-refractivity contribution in [2.75, 3.05) is 13.1 Å². The number of allylic oxidation sites excluding steroid dienone is 2. The Morgan fingerprint density at radius 3 is 2.71 bits per heavy atom. The Bertz CT molecular complexity index is 211. The van der Waals surface area contributed by atoms with Gasteiger partial charge in [-0.3, -0.25) is 4.79 Å². The van der Waals surface area contributed by atoms with Crippen molar-refractivity contribution >= 4 is 5.91 Å². The van der Waals surface area contributed by atoms with Gasteiger partial charge in [0.05, 0.1) is 0 Å². The van der Waals surface area contributed by atoms with Gasteiger partial charge < -0.3 is 11.1 Å². The fourth-order valence-electron chi connectivity index (χ4n) is 0.874. The smallest absolute Gasteiger partial charge is 0.243 e. The summed E-state index contributed by atoms with van der Waals surface area (Å²) < 4.78 is 0. The molecule has 3 heteroatoms. The van der Waals surface area contributed by atoms with Crippen LogP contribution in [0.1, 0.15) is 26.7 Å². The summed E-state index contributed by atoms with van der Waals surface area (Å²) in [5.41, 5.74) is 5.45. The van der Waals surface area contributed by atoms with E-state index >= 15 is 0 Å². The molecule has 3 nitrogen and oxygen atoms in total. The van der Waals surface area contributed by atoms with Gasteiger partial charge in [0.1, 0.15) is 0 Å². The summed E-state index contributed by atoms with van der Waals surface area (Å²) in [5, 5.41) is 3.26. The van der Waals surface area contributed by atoms with Crippen LogP contribution in [0.2, 0.25) is 0 Å². The molecule has 1 heterocycles. The zero-order valence-electron chi connectivity index (χ0n) is 9.05. The van der Waals surface area contributed by atoms with Crippen LogP contribution in [-0.4, -0.2) is 19.0 Å². The standard InChI is InChI=1S/C6H11N.C5H9NO/c1-2-4-6-7-5-3-1;1-3-4(2)5(6)7/h1,3,7H,2,4-6H2;3H,1-2H3,(H2,6,7)/b;4-3+. The largest absolute Gasteiger partial charge is 0.366 e. The van der Waals surface area contributed by atoms with E-state index in [0.717, 1.165) is 6.54 Å². The van der Waals surface area contributed by atoms with Crippen molar-refractivity contribution in [3.8, 4) is 0 Å². The number of nitrogens with one attached hydrogen (secondary N) is 1. The molecular weight excluding hydrogens is 176 g/mol. The summed E-state index contributed by atoms with van der Waals surface area (Å²) in [6, 6.07) is 0. The molecule has 1 aliphatic rings. The minimum Gasteiger partial charge on any atom is -0.366 e. The Morgan fingerprint density at radius 1 is 1.50 bits per heavy atom. The van der Waals surface area contributed by atoms with Gasteiger partial charge >= 0.3 is 0 Å². The molecule has 0 radical (unpaired) electrons. The summed E-state index contributed by atoms with van der Waals surface area (Å²) >= 11 is 0. The van der Waals surface area contributed by atoms with E-state index in [1.165, 1.54) is 19.4 Å². The maximum atomic E-state index is 10.1. The van der Waals surface area contributed by atoms with E-state index in [-0.39, 0.29) is 5.91 Å². The molecule has 0 fully saturated rings. The number of carbonyl (C=O) groups is 1. The van der Waals surface area contributed by atoms with E-state index in [9.17, 15) is 4.79 Å². The molecule has 1 amide bonds. The van der Waals surface area contributed by atoms with Gasteiger partial charge in [-0.15, -0.1) is 0 Å². The predicted molar refractivity (Wildman–Crippen MR) is 59.9 cm³/mol. The van der Waals surface area contributed by atoms with Gasteiger partial charge in [-0.05, 0) is 33.2 Å². The first-order valence-corrected chi connectivity index (χ1v) is 4.97. The van der Waals surface area contributed by atoms with Crippen LogP contribution in [0.5, 0.6) is 0 Å². The van der Waals surface area contributed by atoms with Crippen LogP contribution in [0.25, 0.3) is 0 Å². The molecular formula is C11H20N2O. The number of hydrogen-bond donors (Lipinski definition) is 2. The lowest BCUT2D eigenvalue weighted by atomic mass is 10.3. The summed E-state index contributed by atoms with van der Waals surface area (Å²) in [6.45, 7) is 5.72. The van der Waals surface area contributed by atoms with Gasteiger partial charge in [0.25, 0.3) is 0 Å². The van der Waals surface area contributed by atoms with Crippen molar-refractivity contribution in [3.63, 3.8) is 0 Å². The second-order valence-electron chi connectivity index (χ2n) is 3.15. The van der Waals surface area contributed by atoms with E-state index in [1.807, 2.05) is 0 Å². The molecule has 0 saturated heterocycles. The average molecular weight is 196 g/mol. The molecule has 1 aliphatic heterocycles. The number of hydrogen-bond acceptors (Lipinski definition) is 2. The van der Waals surface area contributed by atoms with Crippen molar-refractivity contribution < 1.29 is 4.79 Å². The number of nitrogens with two attached hydrogens (primary N) is 1. The summed E-state index contributed by atoms with van der Waals surface area (Å²) in [6.07, 6.45) is 8.67. The van der Waals surface area contributed by atoms with Gasteiger partial charge in [-0.25, -0.2) is 0 Å². The van der Waals surface area contributed by atoms with E-state index in [0.29, 0.717) is 5.57 Å². The lowest BCUT2D eigenvalue weighted by molar-refractivity contribution is -0.114. The third-order valence-electron chi connectivity index (χ3n) is 1.97. The van der Waals surface area contributed by atoms with Crippen LogP contribution in [0.4, 0.5) is 0 Å². The Balaban J connectivity index is 0.000000241. The van der Waals surface area contributed by atoms with E-state index in [4.69, 9.17) is 5.73 Å². The molecule has 0 aromatic heterocycles. The molecule has 14 heavy (non-hydrogen) atoms. The second-order valence-corrected chi connectivity index (χ2v) is 3.15. The first-order chi connectivity index (χ1) is 6.68. The topological polar surface area (TPSA) is 55.1 Å². The van der Waals surface area contributed by atoms with Gasteiger partial charge in [0.15, 0.2) is 0 Å². The highest BCUT2D eigenvalue weighted by Crippen LogP contribution is 1.91. The van der Waals surface area contributed by atoms with E-state index in [2.05, 4.69) is 17.5 Å². The van der Waals surface area contributed by atoms with Crippen LogP contribution in [0, 0.1) is 0 Å². The first kappa shape index (κ1) is 12.9. The summed E-state index contributed by atoms with van der Waals surface area (Å²) in [4.78, 5) is 10.1. The third kappa shape index (κ3) is 7.55. The zero-order valence-corrected chi connectivity index (χ0v) is 9.05. The number of carbonyl (C=O) groups excluding carboxylic acids is 1. The second kappa shape index (κ2) is 8.51. The predicted octanol–water partition coefficient (Wildman–Crippen LogP) is 1.36. The monoisotopic (exact) mass is 196 g/mol. The van der Waals surface area contributed by atoms with Gasteiger partial charge in [0, 0.05) is 12.1 Å². The lowest BCUT2D eigenvalue weighted by Crippen LogP contribution is -2.12. The quantitative estimate of drug-likeness (QED) is 0.491. The first-order valence-electron chi connectivity index (χ1n) is 4.97. The van der Waals surface area contributed by atoms with Crippen LogP contribution in [0.3, 0.4) is 0 Å². The van der Waals surface area contributed by atoms with Crippen molar-refractivity contribution in [1.82, 2.24) is 5.32 Å². The van der Waals surface area contributed by atoms with Gasteiger partial charge in [-0.2, -0.15) is 0 Å². The van der Waals surface area contributed by atoms with Crippen molar-refractivity contribution in [1.29, 1.82) is 0 Å². The maximum absolute atomic E-state index is 10.1. The molecule has 3 N–H and O–H groups in total. The number of amides is 1. The molecule has 0 aliphatic carbocycles. The average Bonchev–Trinajstić information content (AvgIpc) is 2.48. The Hall–Kier alpha value is -1.09. The number of rotatable bonds is 1. The summed E-state index contributed by atoms with van der Waals surface area (Å²) in [7, 11) is 0. The van der Waals surface area contributed by atoms with Crippen molar-refractivity contribution in [2.45, 2.75) is 26.7 Å². The molecule has 80 valence electrons. The Labute approximate surface area is 86.1 Å². The fraction of sp³-hybridized carbons (Fsp3) is 0.545. The molecule has 0 spiro atoms. The lowest BCUT2D eigenvalue weighted by Gasteiger charge is -1.91. The molecule has 1 rings (SSSR count). The Morgan fingerprint density at radius 2 is 2.21 bits per heavy atom. The molecule has 0 unspecified atom stereocenters. The fourth-order valence-corrected chi connectivity index (χ4v) is 0.874. The molecule has 0 bridgehead atoms. The van der Waals surface area contributed by atoms with E-state index in [1.54, 1.807) is 19.9 Å². The zero-order chi connectivity index (χ0) is 10.8. The van der Waals surface area contributed by atoms with Crippen LogP contribution in [-0.2, 0) is 4.79 Å². The highest BCUT2D eigenvalue weighted by molar-refractivity contribution is 5.91. The van der Waals surface area contributed by atoms with Crippen LogP contribution in [0.15, 0.2) is 23.8 Å². The van der Waals surface area contributed by atoms with Crippen LogP contribution < -0.4 is 11.1 Å². The minimum atomic E-state index is -0.345. The Kier molecular flexibility index (Phi) is 7.84. The van der Waals surface area contributed by atoms with Crippen molar-refractivity contribution in [3.05, 3.63) is 23.8 Å².